The predicted octanol–water partition coefficient (Wildman–Crippen LogP) is 3.08. The fraction of sp³-hybridized carbons (Fsp3) is 0.308. The molecule has 1 aromatic heterocycles. The number of aryl methyl sites for hydroxylation is 1. The number of carbonyl (C=O) groups excluding carboxylic acids is 1. The molecule has 0 atom stereocenters. The molecule has 1 aliphatic heterocycles. The fourth-order valence-corrected chi connectivity index (χ4v) is 4.65. The highest BCUT2D eigenvalue weighted by Gasteiger charge is 2.22. The van der Waals surface area contributed by atoms with E-state index < -0.39 is 0 Å². The number of anilines is 1. The molecule has 0 spiro atoms. The second kappa shape index (κ2) is 6.15. The first kappa shape index (κ1) is 13.9. The number of hydrogen-bond acceptors (Lipinski definition) is 6. The maximum absolute atomic E-state index is 12.4. The number of para-hydroxylation sites is 1. The predicted molar refractivity (Wildman–Crippen MR) is 84.9 cm³/mol. The van der Waals surface area contributed by atoms with Crippen molar-refractivity contribution in [3.63, 3.8) is 0 Å². The minimum absolute atomic E-state index is 0.135. The van der Waals surface area contributed by atoms with Gasteiger partial charge in [-0.05, 0) is 19.1 Å². The van der Waals surface area contributed by atoms with E-state index in [-0.39, 0.29) is 5.91 Å². The number of benzene rings is 1. The number of rotatable bonds is 3. The summed E-state index contributed by atoms with van der Waals surface area (Å²) in [5.74, 6) is 1.49. The summed E-state index contributed by atoms with van der Waals surface area (Å²) in [7, 11) is 0. The van der Waals surface area contributed by atoms with Crippen LogP contribution in [-0.4, -0.2) is 34.2 Å². The van der Waals surface area contributed by atoms with Gasteiger partial charge in [0, 0.05) is 17.2 Å². The van der Waals surface area contributed by atoms with Crippen LogP contribution in [-0.2, 0) is 4.79 Å². The minimum atomic E-state index is 0.135. The van der Waals surface area contributed by atoms with Gasteiger partial charge in [-0.25, -0.2) is 0 Å². The van der Waals surface area contributed by atoms with Crippen molar-refractivity contribution in [1.29, 1.82) is 0 Å². The molecule has 104 valence electrons. The van der Waals surface area contributed by atoms with Gasteiger partial charge in [0.25, 0.3) is 0 Å². The van der Waals surface area contributed by atoms with Crippen LogP contribution in [0.25, 0.3) is 0 Å². The van der Waals surface area contributed by atoms with Crippen LogP contribution in [0.1, 0.15) is 5.01 Å². The Balaban J connectivity index is 1.69. The average molecular weight is 323 g/mol. The molecule has 1 aromatic carbocycles. The Bertz CT molecular complexity index is 629. The summed E-state index contributed by atoms with van der Waals surface area (Å²) >= 11 is 4.80. The zero-order valence-corrected chi connectivity index (χ0v) is 13.4. The molecule has 0 N–H and O–H groups in total. The molecule has 0 fully saturated rings. The van der Waals surface area contributed by atoms with Crippen molar-refractivity contribution in [2.24, 2.45) is 0 Å². The summed E-state index contributed by atoms with van der Waals surface area (Å²) in [6.45, 7) is 2.69. The third-order valence-corrected chi connectivity index (χ3v) is 5.86. The fourth-order valence-electron chi connectivity index (χ4n) is 1.97. The van der Waals surface area contributed by atoms with Gasteiger partial charge in [-0.3, -0.25) is 4.79 Å². The van der Waals surface area contributed by atoms with Crippen LogP contribution in [0.4, 0.5) is 5.69 Å². The summed E-state index contributed by atoms with van der Waals surface area (Å²) < 4.78 is 0.857. The van der Waals surface area contributed by atoms with E-state index in [0.717, 1.165) is 27.3 Å². The number of amides is 1. The van der Waals surface area contributed by atoms with E-state index in [1.54, 1.807) is 11.8 Å². The zero-order chi connectivity index (χ0) is 13.9. The highest BCUT2D eigenvalue weighted by Crippen LogP contribution is 2.35. The molecule has 1 amide bonds. The Hall–Kier alpha value is -1.05. The summed E-state index contributed by atoms with van der Waals surface area (Å²) in [4.78, 5) is 15.5. The number of thioether (sulfide) groups is 2. The summed E-state index contributed by atoms with van der Waals surface area (Å²) in [6.07, 6.45) is 0. The van der Waals surface area contributed by atoms with E-state index in [0.29, 0.717) is 5.75 Å². The van der Waals surface area contributed by atoms with E-state index in [1.807, 2.05) is 30.0 Å². The third-order valence-electron chi connectivity index (χ3n) is 2.86. The second-order valence-corrected chi connectivity index (χ2v) is 7.78. The van der Waals surface area contributed by atoms with Gasteiger partial charge in [-0.15, -0.1) is 22.0 Å². The summed E-state index contributed by atoms with van der Waals surface area (Å²) in [5.41, 5.74) is 1.03. The van der Waals surface area contributed by atoms with Crippen LogP contribution in [0.5, 0.6) is 0 Å². The average Bonchev–Trinajstić information content (AvgIpc) is 2.90. The molecule has 20 heavy (non-hydrogen) atoms. The molecule has 4 nitrogen and oxygen atoms in total. The second-order valence-electron chi connectivity index (χ2n) is 4.24. The maximum Gasteiger partial charge on any atom is 0.237 e. The summed E-state index contributed by atoms with van der Waals surface area (Å²) in [5, 5.41) is 8.93. The van der Waals surface area contributed by atoms with Gasteiger partial charge >= 0.3 is 0 Å². The number of hydrogen-bond donors (Lipinski definition) is 0. The molecule has 0 aliphatic carbocycles. The Morgan fingerprint density at radius 1 is 1.40 bits per heavy atom. The van der Waals surface area contributed by atoms with Crippen molar-refractivity contribution in [3.05, 3.63) is 29.3 Å². The van der Waals surface area contributed by atoms with Crippen molar-refractivity contribution >= 4 is 46.5 Å². The zero-order valence-electron chi connectivity index (χ0n) is 10.9. The SMILES string of the molecule is Cc1nnc(SCC(=O)N2CCSc3ccccc32)s1. The Morgan fingerprint density at radius 2 is 2.25 bits per heavy atom. The first-order valence-electron chi connectivity index (χ1n) is 6.19. The maximum atomic E-state index is 12.4. The lowest BCUT2D eigenvalue weighted by molar-refractivity contribution is -0.116. The van der Waals surface area contributed by atoms with E-state index in [1.165, 1.54) is 28.0 Å². The van der Waals surface area contributed by atoms with Gasteiger partial charge in [-0.1, -0.05) is 35.2 Å². The van der Waals surface area contributed by atoms with Gasteiger partial charge in [-0.2, -0.15) is 0 Å². The minimum Gasteiger partial charge on any atom is -0.310 e. The molecule has 7 heteroatoms. The summed E-state index contributed by atoms with van der Waals surface area (Å²) in [6, 6.07) is 8.07. The van der Waals surface area contributed by atoms with Gasteiger partial charge in [0.05, 0.1) is 11.4 Å². The van der Waals surface area contributed by atoms with Crippen molar-refractivity contribution < 1.29 is 4.79 Å². The number of nitrogens with zero attached hydrogens (tertiary/aromatic N) is 3. The molecule has 0 saturated heterocycles. The van der Waals surface area contributed by atoms with Crippen LogP contribution >= 0.6 is 34.9 Å². The van der Waals surface area contributed by atoms with Crippen molar-refractivity contribution in [2.45, 2.75) is 16.2 Å². The van der Waals surface area contributed by atoms with Crippen LogP contribution in [0.2, 0.25) is 0 Å². The van der Waals surface area contributed by atoms with Crippen molar-refractivity contribution in [3.8, 4) is 0 Å². The van der Waals surface area contributed by atoms with E-state index >= 15 is 0 Å². The van der Waals surface area contributed by atoms with Gasteiger partial charge in [0.1, 0.15) is 5.01 Å². The van der Waals surface area contributed by atoms with Gasteiger partial charge in [0.2, 0.25) is 5.91 Å². The first-order valence-corrected chi connectivity index (χ1v) is 8.98. The number of carbonyl (C=O) groups is 1. The van der Waals surface area contributed by atoms with Crippen LogP contribution in [0.3, 0.4) is 0 Å². The molecule has 0 bridgehead atoms. The van der Waals surface area contributed by atoms with E-state index in [4.69, 9.17) is 0 Å². The Kier molecular flexibility index (Phi) is 4.28. The lowest BCUT2D eigenvalue weighted by Gasteiger charge is -2.28. The topological polar surface area (TPSA) is 46.1 Å². The van der Waals surface area contributed by atoms with Crippen molar-refractivity contribution in [2.75, 3.05) is 23.0 Å². The molecular weight excluding hydrogens is 310 g/mol. The Morgan fingerprint density at radius 3 is 3.05 bits per heavy atom. The van der Waals surface area contributed by atoms with Gasteiger partial charge < -0.3 is 4.90 Å². The highest BCUT2D eigenvalue weighted by atomic mass is 32.2. The standard InChI is InChI=1S/C13H13N3OS3/c1-9-14-15-13(20-9)19-8-12(17)16-6-7-18-11-5-3-2-4-10(11)16/h2-5H,6-8H2,1H3. The molecular formula is C13H13N3OS3. The number of aromatic nitrogens is 2. The smallest absolute Gasteiger partial charge is 0.237 e. The quantitative estimate of drug-likeness (QED) is 0.812. The van der Waals surface area contributed by atoms with Crippen LogP contribution in [0, 0.1) is 6.92 Å². The molecule has 1 aliphatic rings. The third kappa shape index (κ3) is 2.99. The highest BCUT2D eigenvalue weighted by molar-refractivity contribution is 8.01. The molecule has 3 rings (SSSR count). The van der Waals surface area contributed by atoms with Crippen molar-refractivity contribution in [1.82, 2.24) is 10.2 Å². The normalized spacial score (nSPS) is 14.2. The van der Waals surface area contributed by atoms with E-state index in [2.05, 4.69) is 16.3 Å². The van der Waals surface area contributed by atoms with Crippen LogP contribution in [0.15, 0.2) is 33.5 Å². The molecule has 2 aromatic rings. The lowest BCUT2D eigenvalue weighted by atomic mass is 10.3. The van der Waals surface area contributed by atoms with Gasteiger partial charge in [0.15, 0.2) is 4.34 Å². The number of fused-ring (bicyclic) bond motifs is 1. The van der Waals surface area contributed by atoms with E-state index in [9.17, 15) is 4.79 Å². The monoisotopic (exact) mass is 323 g/mol. The molecule has 0 saturated carbocycles. The Labute approximate surface area is 130 Å². The molecule has 0 radical (unpaired) electrons. The largest absolute Gasteiger partial charge is 0.310 e. The first-order chi connectivity index (χ1) is 9.74. The lowest BCUT2D eigenvalue weighted by Crippen LogP contribution is -2.36. The van der Waals surface area contributed by atoms with Crippen LogP contribution < -0.4 is 4.90 Å². The molecule has 2 heterocycles. The molecule has 0 unspecified atom stereocenters.